The van der Waals surface area contributed by atoms with Gasteiger partial charge in [0.05, 0.1) is 32.9 Å². The molecular formula is C20H33IN4O2. The van der Waals surface area contributed by atoms with Crippen LogP contribution in [0.2, 0.25) is 0 Å². The van der Waals surface area contributed by atoms with Gasteiger partial charge in [-0.1, -0.05) is 19.1 Å². The van der Waals surface area contributed by atoms with Crippen LogP contribution in [0, 0.1) is 5.92 Å². The maximum Gasteiger partial charge on any atom is 0.191 e. The molecule has 2 fully saturated rings. The SMILES string of the molecule is COc1ccc(C(CN=C(N)N2CCC(C)CC2)N2CCOCC2)cc1.I. The van der Waals surface area contributed by atoms with E-state index in [2.05, 4.69) is 28.9 Å². The third-order valence-corrected chi connectivity index (χ3v) is 5.52. The molecule has 6 nitrogen and oxygen atoms in total. The minimum atomic E-state index is 0. The van der Waals surface area contributed by atoms with E-state index in [1.165, 1.54) is 18.4 Å². The Morgan fingerprint density at radius 1 is 1.19 bits per heavy atom. The Morgan fingerprint density at radius 2 is 1.81 bits per heavy atom. The summed E-state index contributed by atoms with van der Waals surface area (Å²) in [4.78, 5) is 9.45. The van der Waals surface area contributed by atoms with Crippen LogP contribution < -0.4 is 10.5 Å². The van der Waals surface area contributed by atoms with Crippen molar-refractivity contribution in [3.05, 3.63) is 29.8 Å². The highest BCUT2D eigenvalue weighted by molar-refractivity contribution is 14.0. The first-order valence-electron chi connectivity index (χ1n) is 9.68. The van der Waals surface area contributed by atoms with Crippen molar-refractivity contribution in [1.29, 1.82) is 0 Å². The average Bonchev–Trinajstić information content (AvgIpc) is 2.70. The Bertz CT molecular complexity index is 582. The third-order valence-electron chi connectivity index (χ3n) is 5.52. The number of methoxy groups -OCH3 is 1. The molecule has 2 heterocycles. The van der Waals surface area contributed by atoms with Crippen LogP contribution in [-0.2, 0) is 4.74 Å². The lowest BCUT2D eigenvalue weighted by molar-refractivity contribution is 0.0179. The molecule has 2 saturated heterocycles. The molecule has 2 aliphatic heterocycles. The van der Waals surface area contributed by atoms with Gasteiger partial charge in [0.2, 0.25) is 0 Å². The Morgan fingerprint density at radius 3 is 2.41 bits per heavy atom. The first kappa shape index (κ1) is 22.2. The van der Waals surface area contributed by atoms with E-state index in [4.69, 9.17) is 20.2 Å². The number of nitrogens with zero attached hydrogens (tertiary/aromatic N) is 3. The van der Waals surface area contributed by atoms with Crippen molar-refractivity contribution in [2.45, 2.75) is 25.8 Å². The van der Waals surface area contributed by atoms with E-state index in [9.17, 15) is 0 Å². The molecule has 152 valence electrons. The second-order valence-corrected chi connectivity index (χ2v) is 7.31. The fourth-order valence-corrected chi connectivity index (χ4v) is 3.66. The number of hydrogen-bond acceptors (Lipinski definition) is 4. The molecule has 0 saturated carbocycles. The molecule has 0 radical (unpaired) electrons. The first-order valence-corrected chi connectivity index (χ1v) is 9.68. The highest BCUT2D eigenvalue weighted by Crippen LogP contribution is 2.25. The summed E-state index contributed by atoms with van der Waals surface area (Å²) < 4.78 is 10.8. The Labute approximate surface area is 180 Å². The van der Waals surface area contributed by atoms with Gasteiger partial charge in [0, 0.05) is 26.2 Å². The number of benzene rings is 1. The third kappa shape index (κ3) is 6.22. The van der Waals surface area contributed by atoms with E-state index in [1.54, 1.807) is 7.11 Å². The van der Waals surface area contributed by atoms with Crippen LogP contribution >= 0.6 is 24.0 Å². The predicted molar refractivity (Wildman–Crippen MR) is 120 cm³/mol. The van der Waals surface area contributed by atoms with Crippen LogP contribution in [0.3, 0.4) is 0 Å². The van der Waals surface area contributed by atoms with E-state index < -0.39 is 0 Å². The summed E-state index contributed by atoms with van der Waals surface area (Å²) >= 11 is 0. The van der Waals surface area contributed by atoms with E-state index in [1.807, 2.05) is 12.1 Å². The molecule has 2 N–H and O–H groups in total. The first-order chi connectivity index (χ1) is 12.7. The zero-order valence-electron chi connectivity index (χ0n) is 16.5. The number of nitrogens with two attached hydrogens (primary N) is 1. The topological polar surface area (TPSA) is 63.3 Å². The van der Waals surface area contributed by atoms with Crippen LogP contribution in [0.15, 0.2) is 29.3 Å². The van der Waals surface area contributed by atoms with Gasteiger partial charge in [-0.05, 0) is 36.5 Å². The second kappa shape index (κ2) is 11.1. The monoisotopic (exact) mass is 488 g/mol. The van der Waals surface area contributed by atoms with Crippen molar-refractivity contribution in [1.82, 2.24) is 9.80 Å². The lowest BCUT2D eigenvalue weighted by Gasteiger charge is -2.35. The number of likely N-dealkylation sites (tertiary alicyclic amines) is 1. The van der Waals surface area contributed by atoms with Crippen molar-refractivity contribution in [3.63, 3.8) is 0 Å². The molecule has 1 atom stereocenters. The van der Waals surface area contributed by atoms with E-state index in [-0.39, 0.29) is 30.0 Å². The highest BCUT2D eigenvalue weighted by Gasteiger charge is 2.23. The number of halogens is 1. The quantitative estimate of drug-likeness (QED) is 0.393. The number of ether oxygens (including phenoxy) is 2. The summed E-state index contributed by atoms with van der Waals surface area (Å²) in [5, 5.41) is 0. The van der Waals surface area contributed by atoms with Gasteiger partial charge in [-0.2, -0.15) is 0 Å². The minimum Gasteiger partial charge on any atom is -0.497 e. The highest BCUT2D eigenvalue weighted by atomic mass is 127. The molecular weight excluding hydrogens is 455 g/mol. The van der Waals surface area contributed by atoms with Gasteiger partial charge in [-0.15, -0.1) is 24.0 Å². The Hall–Kier alpha value is -1.06. The van der Waals surface area contributed by atoms with Crippen LogP contribution in [0.4, 0.5) is 0 Å². The van der Waals surface area contributed by atoms with Crippen molar-refractivity contribution >= 4 is 29.9 Å². The molecule has 7 heteroatoms. The molecule has 0 aromatic heterocycles. The van der Waals surface area contributed by atoms with Crippen LogP contribution in [0.1, 0.15) is 31.4 Å². The number of morpholine rings is 1. The molecule has 3 rings (SSSR count). The van der Waals surface area contributed by atoms with Gasteiger partial charge in [0.15, 0.2) is 5.96 Å². The molecule has 0 aliphatic carbocycles. The number of guanidine groups is 1. The van der Waals surface area contributed by atoms with E-state index in [0.29, 0.717) is 12.5 Å². The summed E-state index contributed by atoms with van der Waals surface area (Å²) in [6.45, 7) is 8.40. The Kier molecular flexibility index (Phi) is 9.11. The molecule has 0 amide bonds. The van der Waals surface area contributed by atoms with E-state index in [0.717, 1.165) is 51.1 Å². The van der Waals surface area contributed by atoms with Gasteiger partial charge >= 0.3 is 0 Å². The summed E-state index contributed by atoms with van der Waals surface area (Å²) in [6, 6.07) is 8.51. The van der Waals surface area contributed by atoms with Crippen molar-refractivity contribution in [2.75, 3.05) is 53.0 Å². The lowest BCUT2D eigenvalue weighted by Crippen LogP contribution is -2.44. The van der Waals surface area contributed by atoms with Crippen molar-refractivity contribution < 1.29 is 9.47 Å². The van der Waals surface area contributed by atoms with Gasteiger partial charge in [-0.3, -0.25) is 9.89 Å². The maximum absolute atomic E-state index is 6.31. The molecule has 2 aliphatic rings. The second-order valence-electron chi connectivity index (χ2n) is 7.31. The number of aliphatic imine (C=N–C) groups is 1. The molecule has 0 spiro atoms. The number of rotatable bonds is 5. The van der Waals surface area contributed by atoms with Gasteiger partial charge in [0.25, 0.3) is 0 Å². The van der Waals surface area contributed by atoms with Crippen LogP contribution in [0.5, 0.6) is 5.75 Å². The molecule has 27 heavy (non-hydrogen) atoms. The summed E-state index contributed by atoms with van der Waals surface area (Å²) in [5.74, 6) is 2.35. The van der Waals surface area contributed by atoms with Crippen molar-refractivity contribution in [2.24, 2.45) is 16.6 Å². The van der Waals surface area contributed by atoms with Crippen LogP contribution in [0.25, 0.3) is 0 Å². The smallest absolute Gasteiger partial charge is 0.191 e. The zero-order valence-corrected chi connectivity index (χ0v) is 18.8. The van der Waals surface area contributed by atoms with Gasteiger partial charge in [-0.25, -0.2) is 0 Å². The van der Waals surface area contributed by atoms with Crippen LogP contribution in [-0.4, -0.2) is 68.8 Å². The number of piperidine rings is 1. The van der Waals surface area contributed by atoms with Crippen molar-refractivity contribution in [3.8, 4) is 5.75 Å². The fraction of sp³-hybridized carbons (Fsp3) is 0.650. The number of hydrogen-bond donors (Lipinski definition) is 1. The lowest BCUT2D eigenvalue weighted by atomic mass is 10.00. The summed E-state index contributed by atoms with van der Waals surface area (Å²) in [7, 11) is 1.69. The molecule has 1 unspecified atom stereocenters. The molecule has 1 aromatic rings. The average molecular weight is 488 g/mol. The standard InChI is InChI=1S/C20H32N4O2.HI/c1-16-7-9-24(10-8-16)20(21)22-15-19(23-11-13-26-14-12-23)17-3-5-18(25-2)6-4-17;/h3-6,16,19H,7-15H2,1-2H3,(H2,21,22);1H. The summed E-state index contributed by atoms with van der Waals surface area (Å²) in [5.41, 5.74) is 7.55. The molecule has 1 aromatic carbocycles. The Balaban J connectivity index is 0.00000261. The minimum absolute atomic E-state index is 0. The zero-order chi connectivity index (χ0) is 18.4. The van der Waals surface area contributed by atoms with Gasteiger partial charge in [0.1, 0.15) is 5.75 Å². The van der Waals surface area contributed by atoms with E-state index >= 15 is 0 Å². The molecule has 0 bridgehead atoms. The maximum atomic E-state index is 6.31. The summed E-state index contributed by atoms with van der Waals surface area (Å²) in [6.07, 6.45) is 2.39. The van der Waals surface area contributed by atoms with Gasteiger partial charge < -0.3 is 20.1 Å². The predicted octanol–water partition coefficient (Wildman–Crippen LogP) is 2.73. The fourth-order valence-electron chi connectivity index (χ4n) is 3.66. The largest absolute Gasteiger partial charge is 0.497 e. The normalized spacial score (nSPS) is 20.8.